The number of amides is 1. The van der Waals surface area contributed by atoms with E-state index in [4.69, 9.17) is 9.15 Å². The Morgan fingerprint density at radius 3 is 2.45 bits per heavy atom. The normalized spacial score (nSPS) is 11.7. The first kappa shape index (κ1) is 19.8. The van der Waals surface area contributed by atoms with E-state index in [0.717, 1.165) is 5.56 Å². The van der Waals surface area contributed by atoms with Crippen molar-refractivity contribution in [1.82, 2.24) is 5.32 Å². The number of aromatic carboxylic acids is 1. The van der Waals surface area contributed by atoms with Gasteiger partial charge in [0.1, 0.15) is 17.4 Å². The molecule has 0 radical (unpaired) electrons. The Bertz CT molecular complexity index is 1180. The molecule has 0 saturated heterocycles. The molecule has 1 aromatic heterocycles. The number of carboxylic acids is 1. The Balaban J connectivity index is 1.74. The Labute approximate surface area is 164 Å². The summed E-state index contributed by atoms with van der Waals surface area (Å²) in [6, 6.07) is 10.6. The van der Waals surface area contributed by atoms with Gasteiger partial charge in [0.15, 0.2) is 0 Å². The van der Waals surface area contributed by atoms with Gasteiger partial charge in [-0.1, -0.05) is 12.1 Å². The second-order valence-corrected chi connectivity index (χ2v) is 6.37. The maximum Gasteiger partial charge on any atom is 0.336 e. The van der Waals surface area contributed by atoms with Gasteiger partial charge in [-0.3, -0.25) is 4.79 Å². The number of rotatable bonds is 5. The highest BCUT2D eigenvalue weighted by atomic mass is 16.5. The molecule has 8 nitrogen and oxygen atoms in total. The summed E-state index contributed by atoms with van der Waals surface area (Å²) < 4.78 is 10.4. The molecule has 0 fully saturated rings. The number of fused-ring (bicyclic) bond motifs is 1. The van der Waals surface area contributed by atoms with Gasteiger partial charge in [0, 0.05) is 17.5 Å². The van der Waals surface area contributed by atoms with E-state index in [9.17, 15) is 24.3 Å². The number of aryl methyl sites for hydroxylation is 1. The van der Waals surface area contributed by atoms with E-state index in [2.05, 4.69) is 5.32 Å². The first-order valence-corrected chi connectivity index (χ1v) is 8.65. The van der Waals surface area contributed by atoms with Crippen molar-refractivity contribution in [3.63, 3.8) is 0 Å². The molecule has 0 spiro atoms. The Kier molecular flexibility index (Phi) is 5.45. The maximum absolute atomic E-state index is 12.4. The summed E-state index contributed by atoms with van der Waals surface area (Å²) in [5, 5.41) is 12.3. The van der Waals surface area contributed by atoms with Gasteiger partial charge in [0.25, 0.3) is 5.91 Å². The van der Waals surface area contributed by atoms with E-state index in [1.165, 1.54) is 43.3 Å². The van der Waals surface area contributed by atoms with Crippen molar-refractivity contribution >= 4 is 28.8 Å². The average Bonchev–Trinajstić information content (AvgIpc) is 2.67. The Morgan fingerprint density at radius 1 is 1.07 bits per heavy atom. The SMILES string of the molecule is Cc1cc(=O)oc2cc(OC(=O)[C@H](C)NC(=O)c3ccccc3C(=O)O)ccc12. The van der Waals surface area contributed by atoms with Gasteiger partial charge in [-0.05, 0) is 43.7 Å². The number of carbonyl (C=O) groups is 3. The summed E-state index contributed by atoms with van der Waals surface area (Å²) in [6.07, 6.45) is 0. The second-order valence-electron chi connectivity index (χ2n) is 6.37. The molecule has 29 heavy (non-hydrogen) atoms. The van der Waals surface area contributed by atoms with Crippen molar-refractivity contribution < 1.29 is 28.6 Å². The summed E-state index contributed by atoms with van der Waals surface area (Å²) in [5.74, 6) is -2.59. The molecule has 0 aliphatic rings. The van der Waals surface area contributed by atoms with Crippen LogP contribution in [0.4, 0.5) is 0 Å². The van der Waals surface area contributed by atoms with Crippen LogP contribution >= 0.6 is 0 Å². The lowest BCUT2D eigenvalue weighted by atomic mass is 10.1. The minimum atomic E-state index is -1.25. The van der Waals surface area contributed by atoms with Gasteiger partial charge in [-0.25, -0.2) is 14.4 Å². The number of carbonyl (C=O) groups excluding carboxylic acids is 2. The van der Waals surface area contributed by atoms with Crippen molar-refractivity contribution in [2.24, 2.45) is 0 Å². The van der Waals surface area contributed by atoms with Crippen LogP contribution < -0.4 is 15.7 Å². The zero-order chi connectivity index (χ0) is 21.1. The molecule has 0 unspecified atom stereocenters. The number of nitrogens with one attached hydrogen (secondary N) is 1. The molecule has 0 aliphatic carbocycles. The first-order valence-electron chi connectivity index (χ1n) is 8.65. The highest BCUT2D eigenvalue weighted by Crippen LogP contribution is 2.22. The number of hydrogen-bond acceptors (Lipinski definition) is 6. The zero-order valence-electron chi connectivity index (χ0n) is 15.6. The van der Waals surface area contributed by atoms with Gasteiger partial charge >= 0.3 is 17.6 Å². The smallest absolute Gasteiger partial charge is 0.336 e. The average molecular weight is 395 g/mol. The van der Waals surface area contributed by atoms with Gasteiger partial charge in [0.05, 0.1) is 11.1 Å². The molecule has 2 N–H and O–H groups in total. The van der Waals surface area contributed by atoms with Crippen molar-refractivity contribution in [3.8, 4) is 5.75 Å². The molecule has 1 amide bonds. The molecule has 1 atom stereocenters. The Hall–Kier alpha value is -3.94. The van der Waals surface area contributed by atoms with Crippen LogP contribution in [0.3, 0.4) is 0 Å². The third kappa shape index (κ3) is 4.32. The molecular formula is C21H17NO7. The van der Waals surface area contributed by atoms with Crippen molar-refractivity contribution in [2.75, 3.05) is 0 Å². The lowest BCUT2D eigenvalue weighted by Gasteiger charge is -2.14. The summed E-state index contributed by atoms with van der Waals surface area (Å²) in [4.78, 5) is 47.4. The highest BCUT2D eigenvalue weighted by Gasteiger charge is 2.22. The highest BCUT2D eigenvalue weighted by molar-refractivity contribution is 6.05. The molecule has 148 valence electrons. The molecule has 3 aromatic rings. The van der Waals surface area contributed by atoms with E-state index in [1.54, 1.807) is 19.1 Å². The fourth-order valence-electron chi connectivity index (χ4n) is 2.77. The fraction of sp³-hybridized carbons (Fsp3) is 0.143. The molecular weight excluding hydrogens is 378 g/mol. The molecule has 2 aromatic carbocycles. The predicted molar refractivity (Wildman–Crippen MR) is 103 cm³/mol. The van der Waals surface area contributed by atoms with Crippen LogP contribution in [0.25, 0.3) is 11.0 Å². The number of esters is 1. The van der Waals surface area contributed by atoms with Crippen LogP contribution in [0.15, 0.2) is 57.7 Å². The van der Waals surface area contributed by atoms with Crippen LogP contribution in [0.1, 0.15) is 33.2 Å². The Morgan fingerprint density at radius 2 is 1.76 bits per heavy atom. The molecule has 0 bridgehead atoms. The summed E-state index contributed by atoms with van der Waals surface area (Å²) in [5.41, 5.74) is 0.239. The van der Waals surface area contributed by atoms with Crippen molar-refractivity contribution in [3.05, 3.63) is 75.6 Å². The van der Waals surface area contributed by atoms with Gasteiger partial charge in [0.2, 0.25) is 0 Å². The molecule has 3 rings (SSSR count). The van der Waals surface area contributed by atoms with E-state index < -0.39 is 29.5 Å². The standard InChI is InChI=1S/C21H17NO7/c1-11-9-18(23)29-17-10-13(7-8-14(11)17)28-21(27)12(2)22-19(24)15-5-3-4-6-16(15)20(25)26/h3-10,12H,1-2H3,(H,22,24)(H,25,26)/t12-/m0/s1. The minimum absolute atomic E-state index is 0.0670. The monoisotopic (exact) mass is 395 g/mol. The molecule has 0 saturated carbocycles. The maximum atomic E-state index is 12.4. The van der Waals surface area contributed by atoms with Gasteiger partial charge < -0.3 is 19.6 Å². The lowest BCUT2D eigenvalue weighted by Crippen LogP contribution is -2.41. The van der Waals surface area contributed by atoms with Crippen molar-refractivity contribution in [1.29, 1.82) is 0 Å². The largest absolute Gasteiger partial charge is 0.478 e. The number of benzene rings is 2. The molecule has 0 aliphatic heterocycles. The number of carboxylic acid groups (broad SMARTS) is 1. The predicted octanol–water partition coefficient (Wildman–Crippen LogP) is 2.52. The van der Waals surface area contributed by atoms with E-state index in [-0.39, 0.29) is 22.5 Å². The third-order valence-corrected chi connectivity index (χ3v) is 4.24. The van der Waals surface area contributed by atoms with Crippen LogP contribution in [0.2, 0.25) is 0 Å². The van der Waals surface area contributed by atoms with Gasteiger partial charge in [-0.2, -0.15) is 0 Å². The summed E-state index contributed by atoms with van der Waals surface area (Å²) >= 11 is 0. The fourth-order valence-corrected chi connectivity index (χ4v) is 2.77. The molecule has 1 heterocycles. The van der Waals surface area contributed by atoms with Crippen molar-refractivity contribution in [2.45, 2.75) is 19.9 Å². The summed E-state index contributed by atoms with van der Waals surface area (Å²) in [7, 11) is 0. The van der Waals surface area contributed by atoms with Crippen LogP contribution in [0.5, 0.6) is 5.75 Å². The third-order valence-electron chi connectivity index (χ3n) is 4.24. The van der Waals surface area contributed by atoms with E-state index >= 15 is 0 Å². The second kappa shape index (κ2) is 7.97. The number of ether oxygens (including phenoxy) is 1. The number of hydrogen-bond donors (Lipinski definition) is 2. The van der Waals surface area contributed by atoms with Crippen LogP contribution in [-0.4, -0.2) is 29.0 Å². The minimum Gasteiger partial charge on any atom is -0.478 e. The first-order chi connectivity index (χ1) is 13.8. The van der Waals surface area contributed by atoms with Crippen LogP contribution in [0, 0.1) is 6.92 Å². The van der Waals surface area contributed by atoms with E-state index in [1.807, 2.05) is 0 Å². The van der Waals surface area contributed by atoms with Gasteiger partial charge in [-0.15, -0.1) is 0 Å². The zero-order valence-corrected chi connectivity index (χ0v) is 15.6. The topological polar surface area (TPSA) is 123 Å². The van der Waals surface area contributed by atoms with Crippen LogP contribution in [-0.2, 0) is 4.79 Å². The van der Waals surface area contributed by atoms with E-state index in [0.29, 0.717) is 5.39 Å². The summed E-state index contributed by atoms with van der Waals surface area (Å²) in [6.45, 7) is 3.17. The molecule has 8 heteroatoms. The quantitative estimate of drug-likeness (QED) is 0.386. The lowest BCUT2D eigenvalue weighted by molar-refractivity contribution is -0.136.